The lowest BCUT2D eigenvalue weighted by atomic mass is 9.89. The quantitative estimate of drug-likeness (QED) is 0.459. The molecule has 1 atom stereocenters. The van der Waals surface area contributed by atoms with Gasteiger partial charge in [-0.2, -0.15) is 0 Å². The Morgan fingerprint density at radius 3 is 1.79 bits per heavy atom. The highest BCUT2D eigenvalue weighted by molar-refractivity contribution is 5.94. The van der Waals surface area contributed by atoms with Gasteiger partial charge in [-0.1, -0.05) is 48.5 Å². The van der Waals surface area contributed by atoms with Crippen molar-refractivity contribution in [3.8, 4) is 23.0 Å². The van der Waals surface area contributed by atoms with Crippen molar-refractivity contribution in [2.24, 2.45) is 0 Å². The zero-order chi connectivity index (χ0) is 24.1. The molecular weight excluding hydrogens is 430 g/mol. The Hall–Kier alpha value is -3.93. The molecule has 0 radical (unpaired) electrons. The molecule has 6 nitrogen and oxygen atoms in total. The van der Waals surface area contributed by atoms with Crippen LogP contribution in [0.25, 0.3) is 5.57 Å². The molecule has 0 bridgehead atoms. The van der Waals surface area contributed by atoms with Gasteiger partial charge in [0.1, 0.15) is 23.0 Å². The summed E-state index contributed by atoms with van der Waals surface area (Å²) >= 11 is 0. The molecule has 4 rings (SSSR count). The number of benzene rings is 3. The molecule has 34 heavy (non-hydrogen) atoms. The largest absolute Gasteiger partial charge is 0.496 e. The van der Waals surface area contributed by atoms with Crippen molar-refractivity contribution >= 4 is 11.5 Å². The predicted molar refractivity (Wildman–Crippen MR) is 131 cm³/mol. The van der Waals surface area contributed by atoms with Crippen LogP contribution in [0.15, 0.2) is 72.8 Å². The van der Waals surface area contributed by atoms with Crippen molar-refractivity contribution in [3.05, 3.63) is 89.5 Å². The Morgan fingerprint density at radius 1 is 0.735 bits per heavy atom. The number of carbonyl (C=O) groups is 1. The van der Waals surface area contributed by atoms with E-state index in [1.807, 2.05) is 71.6 Å². The van der Waals surface area contributed by atoms with Crippen LogP contribution in [0.4, 0.5) is 0 Å². The van der Waals surface area contributed by atoms with Crippen LogP contribution in [0.2, 0.25) is 0 Å². The van der Waals surface area contributed by atoms with Crippen molar-refractivity contribution in [1.29, 1.82) is 0 Å². The van der Waals surface area contributed by atoms with Crippen LogP contribution in [-0.4, -0.2) is 39.2 Å². The third kappa shape index (κ3) is 4.44. The molecule has 6 heteroatoms. The first-order valence-corrected chi connectivity index (χ1v) is 11.1. The van der Waals surface area contributed by atoms with Crippen LogP contribution in [0.5, 0.6) is 23.0 Å². The molecule has 0 saturated heterocycles. The fourth-order valence-corrected chi connectivity index (χ4v) is 4.48. The molecule has 3 aromatic carbocycles. The number of hydrogen-bond acceptors (Lipinski definition) is 5. The summed E-state index contributed by atoms with van der Waals surface area (Å²) < 4.78 is 22.7. The summed E-state index contributed by atoms with van der Waals surface area (Å²) in [5, 5.41) is 0. The topological polar surface area (TPSA) is 57.2 Å². The third-order valence-electron chi connectivity index (χ3n) is 6.06. The number of ether oxygens (including phenoxy) is 4. The van der Waals surface area contributed by atoms with Gasteiger partial charge in [-0.25, -0.2) is 0 Å². The summed E-state index contributed by atoms with van der Waals surface area (Å²) in [5.41, 5.74) is 3.45. The smallest absolute Gasteiger partial charge is 0.228 e. The Morgan fingerprint density at radius 2 is 1.26 bits per heavy atom. The summed E-state index contributed by atoms with van der Waals surface area (Å²) in [6, 6.07) is 20.8. The second-order valence-corrected chi connectivity index (χ2v) is 7.93. The first-order valence-electron chi connectivity index (χ1n) is 11.1. The molecule has 1 heterocycles. The van der Waals surface area contributed by atoms with Crippen molar-refractivity contribution in [1.82, 2.24) is 4.90 Å². The summed E-state index contributed by atoms with van der Waals surface area (Å²) in [7, 11) is 6.48. The molecule has 1 amide bonds. The standard InChI is InChI=1S/C28H29NO5/c1-31-22-12-8-13-23(32-2)27(22)20-16-21(28-24(33-3)14-9-15-25(28)34-4)29(26(30)17-20)18-19-10-6-5-7-11-19/h5-16,21H,17-18H2,1-4H3. The molecule has 0 spiro atoms. The highest BCUT2D eigenvalue weighted by Gasteiger charge is 2.35. The average Bonchev–Trinajstić information content (AvgIpc) is 2.89. The molecule has 3 aromatic rings. The van der Waals surface area contributed by atoms with Gasteiger partial charge in [-0.15, -0.1) is 0 Å². The van der Waals surface area contributed by atoms with E-state index in [0.29, 0.717) is 29.5 Å². The molecule has 0 N–H and O–H groups in total. The van der Waals surface area contributed by atoms with Gasteiger partial charge in [0.2, 0.25) is 5.91 Å². The normalized spacial score (nSPS) is 15.5. The van der Waals surface area contributed by atoms with E-state index in [4.69, 9.17) is 18.9 Å². The fourth-order valence-electron chi connectivity index (χ4n) is 4.48. The predicted octanol–water partition coefficient (Wildman–Crippen LogP) is 5.28. The average molecular weight is 460 g/mol. The lowest BCUT2D eigenvalue weighted by Crippen LogP contribution is -2.37. The van der Waals surface area contributed by atoms with E-state index in [0.717, 1.165) is 22.3 Å². The number of hydrogen-bond donors (Lipinski definition) is 0. The zero-order valence-electron chi connectivity index (χ0n) is 19.9. The van der Waals surface area contributed by atoms with Crippen molar-refractivity contribution < 1.29 is 23.7 Å². The molecule has 0 aliphatic carbocycles. The van der Waals surface area contributed by atoms with E-state index in [2.05, 4.69) is 6.08 Å². The first-order chi connectivity index (χ1) is 16.6. The van der Waals surface area contributed by atoms with Crippen LogP contribution in [-0.2, 0) is 11.3 Å². The maximum atomic E-state index is 13.7. The lowest BCUT2D eigenvalue weighted by Gasteiger charge is -2.36. The van der Waals surface area contributed by atoms with Gasteiger partial charge in [0.15, 0.2) is 0 Å². The van der Waals surface area contributed by atoms with Crippen LogP contribution >= 0.6 is 0 Å². The summed E-state index contributed by atoms with van der Waals surface area (Å²) in [6.45, 7) is 0.457. The zero-order valence-corrected chi connectivity index (χ0v) is 19.9. The van der Waals surface area contributed by atoms with Gasteiger partial charge >= 0.3 is 0 Å². The minimum atomic E-state index is -0.419. The third-order valence-corrected chi connectivity index (χ3v) is 6.06. The Kier molecular flexibility index (Phi) is 7.07. The van der Waals surface area contributed by atoms with Gasteiger partial charge in [0.25, 0.3) is 0 Å². The Balaban J connectivity index is 1.92. The molecule has 176 valence electrons. The number of methoxy groups -OCH3 is 4. The van der Waals surface area contributed by atoms with E-state index in [1.165, 1.54) is 0 Å². The van der Waals surface area contributed by atoms with E-state index in [-0.39, 0.29) is 12.3 Å². The first kappa shape index (κ1) is 23.2. The van der Waals surface area contributed by atoms with Crippen molar-refractivity contribution in [2.75, 3.05) is 28.4 Å². The van der Waals surface area contributed by atoms with Gasteiger partial charge in [0.05, 0.1) is 52.0 Å². The lowest BCUT2D eigenvalue weighted by molar-refractivity contribution is -0.132. The highest BCUT2D eigenvalue weighted by Crippen LogP contribution is 2.46. The van der Waals surface area contributed by atoms with E-state index < -0.39 is 6.04 Å². The number of amides is 1. The van der Waals surface area contributed by atoms with Gasteiger partial charge in [-0.3, -0.25) is 4.79 Å². The van der Waals surface area contributed by atoms with Gasteiger partial charge in [-0.05, 0) is 35.4 Å². The maximum Gasteiger partial charge on any atom is 0.228 e. The molecule has 0 aromatic heterocycles. The molecule has 0 fully saturated rings. The minimum Gasteiger partial charge on any atom is -0.496 e. The van der Waals surface area contributed by atoms with E-state index >= 15 is 0 Å². The second kappa shape index (κ2) is 10.3. The summed E-state index contributed by atoms with van der Waals surface area (Å²) in [4.78, 5) is 15.5. The molecular formula is C28H29NO5. The minimum absolute atomic E-state index is 0.00716. The van der Waals surface area contributed by atoms with E-state index in [1.54, 1.807) is 28.4 Å². The number of carbonyl (C=O) groups excluding carboxylic acids is 1. The summed E-state index contributed by atoms with van der Waals surface area (Å²) in [5.74, 6) is 2.60. The molecule has 1 unspecified atom stereocenters. The Bertz CT molecular complexity index is 1140. The monoisotopic (exact) mass is 459 g/mol. The summed E-state index contributed by atoms with van der Waals surface area (Å²) in [6.07, 6.45) is 2.31. The Labute approximate surface area is 200 Å². The van der Waals surface area contributed by atoms with Crippen LogP contribution in [0, 0.1) is 0 Å². The van der Waals surface area contributed by atoms with Crippen molar-refractivity contribution in [2.45, 2.75) is 19.0 Å². The fraction of sp³-hybridized carbons (Fsp3) is 0.250. The number of nitrogens with zero attached hydrogens (tertiary/aromatic N) is 1. The maximum absolute atomic E-state index is 13.7. The van der Waals surface area contributed by atoms with E-state index in [9.17, 15) is 4.79 Å². The van der Waals surface area contributed by atoms with Crippen LogP contribution in [0.1, 0.15) is 29.2 Å². The number of rotatable bonds is 8. The van der Waals surface area contributed by atoms with Crippen LogP contribution < -0.4 is 18.9 Å². The van der Waals surface area contributed by atoms with Gasteiger partial charge < -0.3 is 23.8 Å². The van der Waals surface area contributed by atoms with Crippen molar-refractivity contribution in [3.63, 3.8) is 0 Å². The molecule has 0 saturated carbocycles. The highest BCUT2D eigenvalue weighted by atomic mass is 16.5. The second-order valence-electron chi connectivity index (χ2n) is 7.93. The SMILES string of the molecule is COc1cccc(OC)c1C1=CC(c2c(OC)cccc2OC)N(Cc2ccccc2)C(=O)C1. The molecule has 1 aliphatic rings. The molecule has 1 aliphatic heterocycles. The van der Waals surface area contributed by atoms with Crippen LogP contribution in [0.3, 0.4) is 0 Å². The van der Waals surface area contributed by atoms with Gasteiger partial charge in [0, 0.05) is 6.54 Å².